The molecule has 8 heteroatoms. The van der Waals surface area contributed by atoms with Crippen LogP contribution in [0.5, 0.6) is 5.75 Å². The van der Waals surface area contributed by atoms with Crippen LogP contribution >= 0.6 is 11.3 Å². The van der Waals surface area contributed by atoms with E-state index in [2.05, 4.69) is 15.5 Å². The quantitative estimate of drug-likeness (QED) is 0.507. The van der Waals surface area contributed by atoms with Crippen molar-refractivity contribution in [2.24, 2.45) is 0 Å². The van der Waals surface area contributed by atoms with Crippen molar-refractivity contribution in [1.29, 1.82) is 0 Å². The number of carbonyl (C=O) groups excluding carboxylic acids is 1. The molecule has 1 amide bonds. The number of methoxy groups -OCH3 is 1. The molecule has 0 spiro atoms. The van der Waals surface area contributed by atoms with E-state index >= 15 is 0 Å². The Bertz CT molecular complexity index is 1140. The molecule has 0 saturated heterocycles. The van der Waals surface area contributed by atoms with Gasteiger partial charge in [-0.2, -0.15) is 0 Å². The molecule has 0 aliphatic carbocycles. The van der Waals surface area contributed by atoms with Gasteiger partial charge in [0.1, 0.15) is 12.3 Å². The zero-order chi connectivity index (χ0) is 20.4. The Morgan fingerprint density at radius 1 is 1.17 bits per heavy atom. The van der Waals surface area contributed by atoms with Gasteiger partial charge in [0.25, 0.3) is 5.89 Å². The molecule has 0 aliphatic rings. The number of benzene rings is 1. The molecular weight excluding hydrogens is 388 g/mol. The van der Waals surface area contributed by atoms with E-state index in [1.54, 1.807) is 24.5 Å². The Labute approximate surface area is 172 Å². The molecule has 0 fully saturated rings. The molecule has 0 aliphatic heterocycles. The molecule has 4 aromatic rings. The van der Waals surface area contributed by atoms with Crippen LogP contribution in [0.3, 0.4) is 0 Å². The molecule has 1 aromatic carbocycles. The summed E-state index contributed by atoms with van der Waals surface area (Å²) in [5.41, 5.74) is 3.35. The minimum absolute atomic E-state index is 0.128. The highest BCUT2D eigenvalue weighted by atomic mass is 32.1. The minimum Gasteiger partial charge on any atom is -0.497 e. The van der Waals surface area contributed by atoms with Crippen molar-refractivity contribution >= 4 is 22.9 Å². The van der Waals surface area contributed by atoms with E-state index in [1.807, 2.05) is 60.2 Å². The zero-order valence-corrected chi connectivity index (χ0v) is 17.1. The second kappa shape index (κ2) is 7.92. The van der Waals surface area contributed by atoms with Crippen LogP contribution in [0.25, 0.3) is 22.2 Å². The number of aryl methyl sites for hydroxylation is 1. The molecule has 0 bridgehead atoms. The normalized spacial score (nSPS) is 10.9. The van der Waals surface area contributed by atoms with Crippen LogP contribution in [0.2, 0.25) is 0 Å². The van der Waals surface area contributed by atoms with E-state index in [0.717, 1.165) is 21.8 Å². The minimum atomic E-state index is -0.128. The van der Waals surface area contributed by atoms with Crippen molar-refractivity contribution in [3.05, 3.63) is 59.2 Å². The van der Waals surface area contributed by atoms with E-state index in [1.165, 1.54) is 0 Å². The number of aromatic nitrogens is 3. The van der Waals surface area contributed by atoms with E-state index in [9.17, 15) is 4.79 Å². The summed E-state index contributed by atoms with van der Waals surface area (Å²) < 4.78 is 13.0. The summed E-state index contributed by atoms with van der Waals surface area (Å²) in [5.74, 6) is 1.50. The summed E-state index contributed by atoms with van der Waals surface area (Å²) in [6, 6.07) is 13.1. The Morgan fingerprint density at radius 2 is 2.00 bits per heavy atom. The lowest BCUT2D eigenvalue weighted by Gasteiger charge is -2.11. The predicted octanol–water partition coefficient (Wildman–Crippen LogP) is 4.53. The highest BCUT2D eigenvalue weighted by Gasteiger charge is 2.19. The lowest BCUT2D eigenvalue weighted by Crippen LogP contribution is -2.20. The molecule has 29 heavy (non-hydrogen) atoms. The molecule has 3 heterocycles. The molecule has 7 nitrogen and oxygen atoms in total. The van der Waals surface area contributed by atoms with Crippen LogP contribution in [-0.2, 0) is 11.3 Å². The van der Waals surface area contributed by atoms with E-state index in [-0.39, 0.29) is 12.5 Å². The Hall–Kier alpha value is -3.39. The molecule has 1 N–H and O–H groups in total. The third-order valence-electron chi connectivity index (χ3n) is 4.62. The van der Waals surface area contributed by atoms with Crippen molar-refractivity contribution < 1.29 is 13.9 Å². The second-order valence-electron chi connectivity index (χ2n) is 6.54. The summed E-state index contributed by atoms with van der Waals surface area (Å²) in [4.78, 5) is 13.5. The molecule has 0 radical (unpaired) electrons. The Kier molecular flexibility index (Phi) is 5.18. The lowest BCUT2D eigenvalue weighted by atomic mass is 10.2. The summed E-state index contributed by atoms with van der Waals surface area (Å²) in [6.45, 7) is 4.07. The fourth-order valence-corrected chi connectivity index (χ4v) is 3.78. The largest absolute Gasteiger partial charge is 0.497 e. The van der Waals surface area contributed by atoms with Crippen molar-refractivity contribution in [1.82, 2.24) is 14.8 Å². The fraction of sp³-hybridized carbons (Fsp3) is 0.190. The zero-order valence-electron chi connectivity index (χ0n) is 16.3. The summed E-state index contributed by atoms with van der Waals surface area (Å²) in [5, 5.41) is 13.2. The number of nitrogens with one attached hydrogen (secondary N) is 1. The molecular formula is C21H20N4O3S. The van der Waals surface area contributed by atoms with Gasteiger partial charge in [-0.25, -0.2) is 0 Å². The third-order valence-corrected chi connectivity index (χ3v) is 5.47. The number of carbonyl (C=O) groups is 1. The van der Waals surface area contributed by atoms with E-state index in [0.29, 0.717) is 23.2 Å². The molecule has 4 rings (SSSR count). The predicted molar refractivity (Wildman–Crippen MR) is 112 cm³/mol. The number of hydrogen-bond donors (Lipinski definition) is 1. The Balaban J connectivity index is 1.53. The highest BCUT2D eigenvalue weighted by Crippen LogP contribution is 2.30. The first-order valence-electron chi connectivity index (χ1n) is 9.03. The molecule has 0 unspecified atom stereocenters. The first-order chi connectivity index (χ1) is 14.0. The maximum atomic E-state index is 12.6. The van der Waals surface area contributed by atoms with Crippen LogP contribution in [0.4, 0.5) is 5.69 Å². The maximum absolute atomic E-state index is 12.6. The number of amides is 1. The number of hydrogen-bond acceptors (Lipinski definition) is 6. The molecule has 0 saturated carbocycles. The number of thiophene rings is 1. The first kappa shape index (κ1) is 18.9. The molecule has 3 aromatic heterocycles. The number of rotatable bonds is 6. The highest BCUT2D eigenvalue weighted by molar-refractivity contribution is 7.13. The Morgan fingerprint density at radius 3 is 2.76 bits per heavy atom. The first-order valence-corrected chi connectivity index (χ1v) is 9.91. The number of anilines is 1. The SMILES string of the molecule is COc1cccc(NC(=O)Cn2c(C)cc(-c3nnc(-c4cccs4)o3)c2C)c1. The fourth-order valence-electron chi connectivity index (χ4n) is 3.14. The van der Waals surface area contributed by atoms with Gasteiger partial charge >= 0.3 is 0 Å². The van der Waals surface area contributed by atoms with Crippen molar-refractivity contribution in [3.63, 3.8) is 0 Å². The van der Waals surface area contributed by atoms with Crippen LogP contribution in [0.1, 0.15) is 11.4 Å². The van der Waals surface area contributed by atoms with Gasteiger partial charge in [0.15, 0.2) is 0 Å². The lowest BCUT2D eigenvalue weighted by molar-refractivity contribution is -0.116. The maximum Gasteiger partial charge on any atom is 0.258 e. The third kappa shape index (κ3) is 3.93. The van der Waals surface area contributed by atoms with Gasteiger partial charge in [0.05, 0.1) is 17.6 Å². The van der Waals surface area contributed by atoms with Crippen molar-refractivity contribution in [3.8, 4) is 28.0 Å². The standard InChI is InChI=1S/C21H20N4O3S/c1-13-10-17(20-23-24-21(28-20)18-8-5-9-29-18)14(2)25(13)12-19(26)22-15-6-4-7-16(11-15)27-3/h4-11H,12H2,1-3H3,(H,22,26). The summed E-state index contributed by atoms with van der Waals surface area (Å²) >= 11 is 1.55. The van der Waals surface area contributed by atoms with Crippen LogP contribution in [-0.4, -0.2) is 27.8 Å². The monoisotopic (exact) mass is 408 g/mol. The van der Waals surface area contributed by atoms with Crippen LogP contribution in [0.15, 0.2) is 52.3 Å². The van der Waals surface area contributed by atoms with E-state index < -0.39 is 0 Å². The topological polar surface area (TPSA) is 82.2 Å². The smallest absolute Gasteiger partial charge is 0.258 e. The van der Waals surface area contributed by atoms with Gasteiger partial charge in [0.2, 0.25) is 11.8 Å². The van der Waals surface area contributed by atoms with Crippen molar-refractivity contribution in [2.45, 2.75) is 20.4 Å². The van der Waals surface area contributed by atoms with Crippen molar-refractivity contribution in [2.75, 3.05) is 12.4 Å². The van der Waals surface area contributed by atoms with Gasteiger partial charge in [0, 0.05) is 23.1 Å². The van der Waals surface area contributed by atoms with Gasteiger partial charge in [-0.15, -0.1) is 21.5 Å². The van der Waals surface area contributed by atoms with Gasteiger partial charge < -0.3 is 19.0 Å². The van der Waals surface area contributed by atoms with Gasteiger partial charge in [-0.3, -0.25) is 4.79 Å². The summed E-state index contributed by atoms with van der Waals surface area (Å²) in [6.07, 6.45) is 0. The van der Waals surface area contributed by atoms with E-state index in [4.69, 9.17) is 9.15 Å². The van der Waals surface area contributed by atoms with Gasteiger partial charge in [-0.05, 0) is 43.5 Å². The average molecular weight is 408 g/mol. The van der Waals surface area contributed by atoms with Crippen LogP contribution < -0.4 is 10.1 Å². The molecule has 148 valence electrons. The van der Waals surface area contributed by atoms with Gasteiger partial charge in [-0.1, -0.05) is 12.1 Å². The molecule has 0 atom stereocenters. The van der Waals surface area contributed by atoms with Crippen LogP contribution in [0, 0.1) is 13.8 Å². The number of nitrogens with zero attached hydrogens (tertiary/aromatic N) is 3. The number of ether oxygens (including phenoxy) is 1. The second-order valence-corrected chi connectivity index (χ2v) is 7.49. The average Bonchev–Trinajstić information content (AvgIpc) is 3.45. The summed E-state index contributed by atoms with van der Waals surface area (Å²) in [7, 11) is 1.59.